The summed E-state index contributed by atoms with van der Waals surface area (Å²) in [5.74, 6) is 5.18. The first kappa shape index (κ1) is 23.9. The minimum absolute atomic E-state index is 0.323. The van der Waals surface area contributed by atoms with E-state index in [0.29, 0.717) is 18.2 Å². The second kappa shape index (κ2) is 10.5. The van der Waals surface area contributed by atoms with E-state index in [1.54, 1.807) is 0 Å². The molecule has 1 heterocycles. The van der Waals surface area contributed by atoms with Gasteiger partial charge in [0.2, 0.25) is 0 Å². The first-order valence-corrected chi connectivity index (χ1v) is 15.8. The van der Waals surface area contributed by atoms with Crippen molar-refractivity contribution in [2.24, 2.45) is 35.5 Å². The molecule has 6 rings (SSSR count). The molecule has 9 atom stereocenters. The molecule has 1 aliphatic heterocycles. The average Bonchev–Trinajstić information content (AvgIpc) is 3.06. The Morgan fingerprint density at radius 3 is 1.82 bits per heavy atom. The Balaban J connectivity index is 1.33. The van der Waals surface area contributed by atoms with Gasteiger partial charge in [-0.1, -0.05) is 75.8 Å². The van der Waals surface area contributed by atoms with Crippen LogP contribution in [0.2, 0.25) is 0 Å². The SMILES string of the molecule is CCN([C@H](C)c1ccccc1)P1OC2CCC3CCCCC3C2C2C(CCC3CCCCC32)O1. The number of hydrogen-bond donors (Lipinski definition) is 0. The highest BCUT2D eigenvalue weighted by molar-refractivity contribution is 7.44. The van der Waals surface area contributed by atoms with Crippen molar-refractivity contribution in [1.29, 1.82) is 0 Å². The fourth-order valence-corrected chi connectivity index (χ4v) is 10.9. The lowest BCUT2D eigenvalue weighted by atomic mass is 9.53. The van der Waals surface area contributed by atoms with Crippen LogP contribution in [-0.2, 0) is 9.05 Å². The van der Waals surface area contributed by atoms with Gasteiger partial charge in [-0.15, -0.1) is 0 Å². The summed E-state index contributed by atoms with van der Waals surface area (Å²) in [5, 5.41) is 0. The molecule has 4 aliphatic carbocycles. The molecule has 4 saturated carbocycles. The number of fused-ring (bicyclic) bond motifs is 7. The molecule has 0 bridgehead atoms. The van der Waals surface area contributed by atoms with Gasteiger partial charge < -0.3 is 9.05 Å². The first-order valence-electron chi connectivity index (χ1n) is 14.7. The quantitative estimate of drug-likeness (QED) is 0.401. The number of nitrogens with zero attached hydrogens (tertiary/aromatic N) is 1. The molecule has 34 heavy (non-hydrogen) atoms. The van der Waals surface area contributed by atoms with Crippen molar-refractivity contribution < 1.29 is 9.05 Å². The van der Waals surface area contributed by atoms with E-state index in [2.05, 4.69) is 48.8 Å². The molecule has 0 N–H and O–H groups in total. The Morgan fingerprint density at radius 1 is 0.765 bits per heavy atom. The summed E-state index contributed by atoms with van der Waals surface area (Å²) in [4.78, 5) is 0. The molecule has 5 fully saturated rings. The second-order valence-corrected chi connectivity index (χ2v) is 13.5. The molecule has 3 nitrogen and oxygen atoms in total. The maximum atomic E-state index is 7.20. The van der Waals surface area contributed by atoms with Gasteiger partial charge in [0.05, 0.1) is 12.2 Å². The van der Waals surface area contributed by atoms with E-state index in [9.17, 15) is 0 Å². The third-order valence-electron chi connectivity index (χ3n) is 10.6. The van der Waals surface area contributed by atoms with Gasteiger partial charge in [-0.2, -0.15) is 0 Å². The lowest BCUT2D eigenvalue weighted by Crippen LogP contribution is -2.51. The maximum Gasteiger partial charge on any atom is 0.259 e. The highest BCUT2D eigenvalue weighted by Crippen LogP contribution is 2.63. The van der Waals surface area contributed by atoms with Crippen molar-refractivity contribution in [3.8, 4) is 0 Å². The molecular weight excluding hydrogens is 437 g/mol. The van der Waals surface area contributed by atoms with Crippen LogP contribution in [-0.4, -0.2) is 23.4 Å². The van der Waals surface area contributed by atoms with Gasteiger partial charge in [-0.25, -0.2) is 4.67 Å². The highest BCUT2D eigenvalue weighted by Gasteiger charge is 2.55. The van der Waals surface area contributed by atoms with Gasteiger partial charge in [0.1, 0.15) is 0 Å². The first-order chi connectivity index (χ1) is 16.7. The smallest absolute Gasteiger partial charge is 0.259 e. The van der Waals surface area contributed by atoms with Crippen LogP contribution in [0.3, 0.4) is 0 Å². The normalized spacial score (nSPS) is 43.1. The van der Waals surface area contributed by atoms with Crippen LogP contribution in [0.5, 0.6) is 0 Å². The van der Waals surface area contributed by atoms with Crippen molar-refractivity contribution in [3.05, 3.63) is 35.9 Å². The maximum absolute atomic E-state index is 7.20. The van der Waals surface area contributed by atoms with Gasteiger partial charge in [0, 0.05) is 12.6 Å². The molecule has 0 aromatic heterocycles. The summed E-state index contributed by atoms with van der Waals surface area (Å²) in [6.07, 6.45) is 17.8. The van der Waals surface area contributed by atoms with Gasteiger partial charge in [-0.3, -0.25) is 0 Å². The van der Waals surface area contributed by atoms with E-state index >= 15 is 0 Å². The highest BCUT2D eigenvalue weighted by atomic mass is 31.2. The Morgan fingerprint density at radius 2 is 1.29 bits per heavy atom. The van der Waals surface area contributed by atoms with Crippen molar-refractivity contribution in [2.75, 3.05) is 6.54 Å². The molecular formula is C30H46NO2P. The molecule has 188 valence electrons. The molecule has 1 aromatic rings. The summed E-state index contributed by atoms with van der Waals surface area (Å²) in [5.41, 5.74) is 1.38. The van der Waals surface area contributed by atoms with E-state index < -0.39 is 8.53 Å². The van der Waals surface area contributed by atoms with Crippen LogP contribution in [0.15, 0.2) is 30.3 Å². The Hall–Kier alpha value is -0.470. The summed E-state index contributed by atoms with van der Waals surface area (Å²) in [7, 11) is -1.03. The van der Waals surface area contributed by atoms with Crippen LogP contribution in [0, 0.1) is 35.5 Å². The molecule has 8 unspecified atom stereocenters. The van der Waals surface area contributed by atoms with Gasteiger partial charge in [-0.05, 0) is 86.5 Å². The van der Waals surface area contributed by atoms with Crippen molar-refractivity contribution >= 4 is 8.53 Å². The van der Waals surface area contributed by atoms with Crippen LogP contribution in [0.25, 0.3) is 0 Å². The lowest BCUT2D eigenvalue weighted by molar-refractivity contribution is -0.0856. The predicted molar refractivity (Wildman–Crippen MR) is 140 cm³/mol. The van der Waals surface area contributed by atoms with E-state index in [0.717, 1.165) is 42.1 Å². The lowest BCUT2D eigenvalue weighted by Gasteiger charge is -2.53. The van der Waals surface area contributed by atoms with Crippen LogP contribution < -0.4 is 0 Å². The zero-order chi connectivity index (χ0) is 23.1. The standard InChI is InChI=1S/C30H46NO2P/c1-3-31(21(2)22-11-5-4-6-12-22)34-32-27-19-17-23-13-7-9-15-25(23)29(27)30-26-16-10-8-14-24(26)18-20-28(30)33-34/h4-6,11-12,21,23-30H,3,7-10,13-20H2,1-2H3/t21-,23?,24?,25?,26?,27?,28?,29?,30?,34?/m1/s1. The second-order valence-electron chi connectivity index (χ2n) is 12.1. The molecule has 4 heteroatoms. The van der Waals surface area contributed by atoms with Crippen LogP contribution >= 0.6 is 8.53 Å². The summed E-state index contributed by atoms with van der Waals surface area (Å²) in [6, 6.07) is 11.3. The molecule has 0 spiro atoms. The largest absolute Gasteiger partial charge is 0.318 e. The summed E-state index contributed by atoms with van der Waals surface area (Å²) < 4.78 is 17.0. The van der Waals surface area contributed by atoms with Crippen LogP contribution in [0.1, 0.15) is 103 Å². The summed E-state index contributed by atoms with van der Waals surface area (Å²) in [6.45, 7) is 5.63. The monoisotopic (exact) mass is 483 g/mol. The molecule has 0 amide bonds. The average molecular weight is 484 g/mol. The molecule has 1 aromatic carbocycles. The van der Waals surface area contributed by atoms with Crippen molar-refractivity contribution in [3.63, 3.8) is 0 Å². The number of benzene rings is 1. The van der Waals surface area contributed by atoms with E-state index in [1.807, 2.05) is 0 Å². The van der Waals surface area contributed by atoms with Gasteiger partial charge in [0.25, 0.3) is 8.53 Å². The number of hydrogen-bond acceptors (Lipinski definition) is 3. The van der Waals surface area contributed by atoms with E-state index in [-0.39, 0.29) is 0 Å². The Bertz CT molecular complexity index is 764. The third kappa shape index (κ3) is 4.42. The van der Waals surface area contributed by atoms with Crippen molar-refractivity contribution in [2.45, 2.75) is 109 Å². The van der Waals surface area contributed by atoms with Gasteiger partial charge in [0.15, 0.2) is 0 Å². The zero-order valence-corrected chi connectivity index (χ0v) is 22.4. The van der Waals surface area contributed by atoms with E-state index in [1.165, 1.54) is 82.6 Å². The fraction of sp³-hybridized carbons (Fsp3) is 0.800. The topological polar surface area (TPSA) is 21.7 Å². The zero-order valence-electron chi connectivity index (χ0n) is 21.5. The fourth-order valence-electron chi connectivity index (χ4n) is 9.02. The van der Waals surface area contributed by atoms with Crippen molar-refractivity contribution in [1.82, 2.24) is 4.67 Å². The van der Waals surface area contributed by atoms with Crippen LogP contribution in [0.4, 0.5) is 0 Å². The Labute approximate surface area is 209 Å². The predicted octanol–water partition coefficient (Wildman–Crippen LogP) is 8.51. The Kier molecular flexibility index (Phi) is 7.37. The molecule has 5 aliphatic rings. The minimum atomic E-state index is -1.03. The third-order valence-corrected chi connectivity index (χ3v) is 12.5. The van der Waals surface area contributed by atoms with Gasteiger partial charge >= 0.3 is 0 Å². The minimum Gasteiger partial charge on any atom is -0.318 e. The molecule has 0 radical (unpaired) electrons. The molecule has 1 saturated heterocycles. The summed E-state index contributed by atoms with van der Waals surface area (Å²) >= 11 is 0. The number of rotatable bonds is 4. The van der Waals surface area contributed by atoms with E-state index in [4.69, 9.17) is 9.05 Å².